The van der Waals surface area contributed by atoms with E-state index in [1.807, 2.05) is 54.6 Å². The SMILES string of the molecule is CN(c1ccccc1)c1ccc(C=C(CC(=O)O)c2nc3ccccc3s2)cc1[N+](=O)[O-]. The quantitative estimate of drug-likeness (QED) is 0.277. The maximum absolute atomic E-state index is 11.8. The van der Waals surface area contributed by atoms with Crippen LogP contribution in [0.2, 0.25) is 0 Å². The fraction of sp³-hybridized carbons (Fsp3) is 0.0833. The minimum atomic E-state index is -0.995. The number of fused-ring (bicyclic) bond motifs is 1. The van der Waals surface area contributed by atoms with Crippen molar-refractivity contribution >= 4 is 56.2 Å². The molecule has 0 aliphatic heterocycles. The van der Waals surface area contributed by atoms with Crippen LogP contribution < -0.4 is 4.90 Å². The van der Waals surface area contributed by atoms with Gasteiger partial charge in [0.15, 0.2) is 0 Å². The van der Waals surface area contributed by atoms with Crippen LogP contribution in [-0.2, 0) is 4.79 Å². The van der Waals surface area contributed by atoms with Gasteiger partial charge in [-0.15, -0.1) is 11.3 Å². The van der Waals surface area contributed by atoms with Crippen molar-refractivity contribution in [2.75, 3.05) is 11.9 Å². The zero-order chi connectivity index (χ0) is 22.7. The molecule has 0 aliphatic carbocycles. The number of para-hydroxylation sites is 2. The lowest BCUT2D eigenvalue weighted by Gasteiger charge is -2.19. The molecule has 0 amide bonds. The first-order chi connectivity index (χ1) is 15.4. The second-order valence-electron chi connectivity index (χ2n) is 7.13. The molecule has 0 radical (unpaired) electrons. The Balaban J connectivity index is 1.77. The van der Waals surface area contributed by atoms with Crippen LogP contribution in [-0.4, -0.2) is 28.0 Å². The Morgan fingerprint density at radius 2 is 1.84 bits per heavy atom. The number of anilines is 2. The molecular weight excluding hydrogens is 426 g/mol. The molecule has 32 heavy (non-hydrogen) atoms. The Hall–Kier alpha value is -4.04. The van der Waals surface area contributed by atoms with Crippen molar-refractivity contribution in [3.8, 4) is 0 Å². The van der Waals surface area contributed by atoms with Crippen LogP contribution in [0.4, 0.5) is 17.1 Å². The number of benzene rings is 3. The minimum Gasteiger partial charge on any atom is -0.481 e. The monoisotopic (exact) mass is 445 g/mol. The van der Waals surface area contributed by atoms with E-state index in [-0.39, 0.29) is 12.1 Å². The molecule has 0 saturated carbocycles. The molecule has 1 aromatic heterocycles. The van der Waals surface area contributed by atoms with Crippen molar-refractivity contribution in [3.63, 3.8) is 0 Å². The number of carboxylic acids is 1. The molecule has 1 N–H and O–H groups in total. The van der Waals surface area contributed by atoms with E-state index in [9.17, 15) is 20.0 Å². The van der Waals surface area contributed by atoms with Gasteiger partial charge >= 0.3 is 5.97 Å². The average molecular weight is 446 g/mol. The molecule has 4 aromatic rings. The molecule has 3 aromatic carbocycles. The van der Waals surface area contributed by atoms with Gasteiger partial charge in [-0.1, -0.05) is 36.4 Å². The summed E-state index contributed by atoms with van der Waals surface area (Å²) in [5.74, 6) is -0.995. The molecular formula is C24H19N3O4S. The number of nitro benzene ring substituents is 1. The zero-order valence-corrected chi connectivity index (χ0v) is 18.0. The number of aromatic nitrogens is 1. The van der Waals surface area contributed by atoms with E-state index in [2.05, 4.69) is 4.98 Å². The summed E-state index contributed by atoms with van der Waals surface area (Å²) in [6.45, 7) is 0. The highest BCUT2D eigenvalue weighted by Crippen LogP contribution is 2.35. The molecule has 0 bridgehead atoms. The minimum absolute atomic E-state index is 0.0657. The van der Waals surface area contributed by atoms with Crippen molar-refractivity contribution in [1.29, 1.82) is 0 Å². The summed E-state index contributed by atoms with van der Waals surface area (Å²) >= 11 is 1.40. The molecule has 0 fully saturated rings. The van der Waals surface area contributed by atoms with E-state index in [0.717, 1.165) is 15.9 Å². The van der Waals surface area contributed by atoms with Gasteiger partial charge in [-0.2, -0.15) is 0 Å². The molecule has 4 rings (SSSR count). The molecule has 0 spiro atoms. The summed E-state index contributed by atoms with van der Waals surface area (Å²) in [7, 11) is 1.77. The second-order valence-corrected chi connectivity index (χ2v) is 8.16. The standard InChI is InChI=1S/C24H19N3O4S/c1-26(18-7-3-2-4-8-18)20-12-11-16(14-21(20)27(30)31)13-17(15-23(28)29)24-25-19-9-5-6-10-22(19)32-24/h2-14H,15H2,1H3,(H,28,29). The van der Waals surface area contributed by atoms with Gasteiger partial charge in [-0.25, -0.2) is 4.98 Å². The lowest BCUT2D eigenvalue weighted by molar-refractivity contribution is -0.384. The maximum atomic E-state index is 11.8. The van der Waals surface area contributed by atoms with E-state index in [1.165, 1.54) is 17.4 Å². The van der Waals surface area contributed by atoms with Gasteiger partial charge in [0.1, 0.15) is 10.7 Å². The molecule has 0 atom stereocenters. The number of nitrogens with zero attached hydrogens (tertiary/aromatic N) is 3. The normalized spacial score (nSPS) is 11.5. The van der Waals surface area contributed by atoms with E-state index in [0.29, 0.717) is 21.8 Å². The number of aliphatic carboxylic acids is 1. The van der Waals surface area contributed by atoms with Crippen LogP contribution in [0.3, 0.4) is 0 Å². The fourth-order valence-corrected chi connectivity index (χ4v) is 4.39. The number of carbonyl (C=O) groups is 1. The largest absolute Gasteiger partial charge is 0.481 e. The highest BCUT2D eigenvalue weighted by molar-refractivity contribution is 7.19. The zero-order valence-electron chi connectivity index (χ0n) is 17.1. The number of rotatable bonds is 7. The van der Waals surface area contributed by atoms with Gasteiger partial charge in [-0.05, 0) is 47.5 Å². The third-order valence-corrected chi connectivity index (χ3v) is 6.06. The Morgan fingerprint density at radius 1 is 1.12 bits per heavy atom. The van der Waals surface area contributed by atoms with Crippen LogP contribution in [0.25, 0.3) is 21.9 Å². The van der Waals surface area contributed by atoms with Crippen molar-refractivity contribution in [1.82, 2.24) is 4.98 Å². The lowest BCUT2D eigenvalue weighted by atomic mass is 10.1. The summed E-state index contributed by atoms with van der Waals surface area (Å²) in [5, 5.41) is 21.8. The third-order valence-electron chi connectivity index (χ3n) is 4.95. The van der Waals surface area contributed by atoms with E-state index in [1.54, 1.807) is 30.2 Å². The number of thiazole rings is 1. The summed E-state index contributed by atoms with van der Waals surface area (Å²) in [6.07, 6.45) is 1.42. The van der Waals surface area contributed by atoms with Crippen LogP contribution >= 0.6 is 11.3 Å². The summed E-state index contributed by atoms with van der Waals surface area (Å²) in [6, 6.07) is 21.8. The predicted molar refractivity (Wildman–Crippen MR) is 127 cm³/mol. The van der Waals surface area contributed by atoms with Gasteiger partial charge < -0.3 is 10.0 Å². The molecule has 7 nitrogen and oxygen atoms in total. The summed E-state index contributed by atoms with van der Waals surface area (Å²) in [5.41, 5.74) is 3.02. The maximum Gasteiger partial charge on any atom is 0.307 e. The van der Waals surface area contributed by atoms with Crippen LogP contribution in [0.5, 0.6) is 0 Å². The first kappa shape index (κ1) is 21.2. The Morgan fingerprint density at radius 3 is 2.53 bits per heavy atom. The highest BCUT2D eigenvalue weighted by atomic mass is 32.1. The Kier molecular flexibility index (Phi) is 5.96. The average Bonchev–Trinajstić information content (AvgIpc) is 3.23. The molecule has 160 valence electrons. The van der Waals surface area contributed by atoms with Gasteiger partial charge in [0.05, 0.1) is 21.6 Å². The number of hydrogen-bond donors (Lipinski definition) is 1. The summed E-state index contributed by atoms with van der Waals surface area (Å²) in [4.78, 5) is 29.2. The molecule has 0 saturated heterocycles. The van der Waals surface area contributed by atoms with E-state index in [4.69, 9.17) is 0 Å². The van der Waals surface area contributed by atoms with Crippen molar-refractivity contribution in [2.24, 2.45) is 0 Å². The van der Waals surface area contributed by atoms with E-state index >= 15 is 0 Å². The predicted octanol–water partition coefficient (Wildman–Crippen LogP) is 5.99. The Labute approximate surface area is 188 Å². The van der Waals surface area contributed by atoms with Crippen LogP contribution in [0.1, 0.15) is 17.0 Å². The first-order valence-corrected chi connectivity index (χ1v) is 10.6. The second kappa shape index (κ2) is 8.99. The number of hydrogen-bond acceptors (Lipinski definition) is 6. The third kappa shape index (κ3) is 4.50. The molecule has 0 unspecified atom stereocenters. The van der Waals surface area contributed by atoms with Crippen molar-refractivity contribution < 1.29 is 14.8 Å². The van der Waals surface area contributed by atoms with Crippen LogP contribution in [0.15, 0.2) is 72.8 Å². The van der Waals surface area contributed by atoms with Gasteiger partial charge in [0, 0.05) is 18.8 Å². The number of nitro groups is 1. The van der Waals surface area contributed by atoms with Gasteiger partial charge in [-0.3, -0.25) is 14.9 Å². The van der Waals surface area contributed by atoms with Gasteiger partial charge in [0.2, 0.25) is 0 Å². The van der Waals surface area contributed by atoms with E-state index < -0.39 is 10.9 Å². The fourth-order valence-electron chi connectivity index (χ4n) is 3.41. The number of carboxylic acid groups (broad SMARTS) is 1. The highest BCUT2D eigenvalue weighted by Gasteiger charge is 2.19. The first-order valence-electron chi connectivity index (χ1n) is 9.78. The van der Waals surface area contributed by atoms with Crippen LogP contribution in [0, 0.1) is 10.1 Å². The summed E-state index contributed by atoms with van der Waals surface area (Å²) < 4.78 is 0.949. The molecule has 8 heteroatoms. The Bertz CT molecular complexity index is 1300. The smallest absolute Gasteiger partial charge is 0.307 e. The van der Waals surface area contributed by atoms with Crippen molar-refractivity contribution in [3.05, 3.63) is 93.5 Å². The molecule has 0 aliphatic rings. The lowest BCUT2D eigenvalue weighted by Crippen LogP contribution is -2.11. The topological polar surface area (TPSA) is 96.6 Å². The van der Waals surface area contributed by atoms with Crippen molar-refractivity contribution in [2.45, 2.75) is 6.42 Å². The molecule has 1 heterocycles. The van der Waals surface area contributed by atoms with Gasteiger partial charge in [0.25, 0.3) is 5.69 Å².